The predicted molar refractivity (Wildman–Crippen MR) is 120 cm³/mol. The third-order valence-electron chi connectivity index (χ3n) is 7.20. The van der Waals surface area contributed by atoms with Gasteiger partial charge in [-0.2, -0.15) is 0 Å². The Morgan fingerprint density at radius 3 is 2.15 bits per heavy atom. The summed E-state index contributed by atoms with van der Waals surface area (Å²) in [7, 11) is 0. The summed E-state index contributed by atoms with van der Waals surface area (Å²) in [6.45, 7) is 13.5. The van der Waals surface area contributed by atoms with E-state index in [2.05, 4.69) is 6.58 Å². The molecule has 0 radical (unpaired) electrons. The quantitative estimate of drug-likeness (QED) is 0.355. The van der Waals surface area contributed by atoms with Crippen molar-refractivity contribution in [3.63, 3.8) is 0 Å². The molecule has 9 heteroatoms. The maximum absolute atomic E-state index is 12.8. The van der Waals surface area contributed by atoms with Gasteiger partial charge in [0.15, 0.2) is 18.3 Å². The molecule has 3 fully saturated rings. The van der Waals surface area contributed by atoms with Gasteiger partial charge in [0.05, 0.1) is 12.0 Å². The largest absolute Gasteiger partial charge is 0.454 e. The van der Waals surface area contributed by atoms with Crippen molar-refractivity contribution in [2.24, 2.45) is 11.8 Å². The summed E-state index contributed by atoms with van der Waals surface area (Å²) < 4.78 is 23.0. The third-order valence-corrected chi connectivity index (χ3v) is 7.20. The molecule has 34 heavy (non-hydrogen) atoms. The van der Waals surface area contributed by atoms with Crippen molar-refractivity contribution < 1.29 is 43.5 Å². The molecule has 3 saturated heterocycles. The molecule has 0 aromatic heterocycles. The average molecular weight is 479 g/mol. The highest BCUT2D eigenvalue weighted by molar-refractivity contribution is 5.92. The normalized spacial score (nSPS) is 40.6. The van der Waals surface area contributed by atoms with Gasteiger partial charge in [0, 0.05) is 29.1 Å². The maximum Gasteiger partial charge on any atom is 0.334 e. The van der Waals surface area contributed by atoms with E-state index >= 15 is 0 Å². The Hall–Kier alpha value is -2.49. The van der Waals surface area contributed by atoms with Gasteiger partial charge in [0.2, 0.25) is 5.79 Å². The average Bonchev–Trinajstić information content (AvgIpc) is 3.22. The molecule has 0 saturated carbocycles. The number of fused-ring (bicyclic) bond motifs is 3. The molecular formula is C25H34O9. The number of hydrogen-bond acceptors (Lipinski definition) is 9. The van der Waals surface area contributed by atoms with Gasteiger partial charge in [-0.15, -0.1) is 0 Å². The molecule has 3 aliphatic heterocycles. The first kappa shape index (κ1) is 26.1. The molecule has 0 spiro atoms. The minimum absolute atomic E-state index is 0.0196. The summed E-state index contributed by atoms with van der Waals surface area (Å²) in [6, 6.07) is 0. The van der Waals surface area contributed by atoms with Crippen molar-refractivity contribution in [3.8, 4) is 0 Å². The molecule has 0 aliphatic carbocycles. The van der Waals surface area contributed by atoms with Gasteiger partial charge in [0.1, 0.15) is 5.60 Å². The number of allylic oxidation sites excluding steroid dienone is 2. The van der Waals surface area contributed by atoms with Crippen LogP contribution in [0.15, 0.2) is 35.5 Å². The van der Waals surface area contributed by atoms with Crippen molar-refractivity contribution >= 4 is 17.9 Å². The number of rotatable bonds is 4. The maximum atomic E-state index is 12.8. The molecule has 8 atom stereocenters. The van der Waals surface area contributed by atoms with Crippen LogP contribution in [0.5, 0.6) is 0 Å². The Balaban J connectivity index is 2.17. The SMILES string of the molecule is C=C1C(=O)O[C@H]2[C@H]1[C@@H](OC(=O)/C(C)=C\C)[C@]1(O)O[C@@H](C[C@H]1C)C[C@](C)(O)[C@@H]2OC(=O)/C(C)=C\C. The van der Waals surface area contributed by atoms with E-state index in [0.717, 1.165) is 0 Å². The van der Waals surface area contributed by atoms with Gasteiger partial charge in [-0.25, -0.2) is 14.4 Å². The fourth-order valence-electron chi connectivity index (χ4n) is 4.87. The lowest BCUT2D eigenvalue weighted by Gasteiger charge is -2.41. The van der Waals surface area contributed by atoms with Gasteiger partial charge in [-0.1, -0.05) is 25.7 Å². The summed E-state index contributed by atoms with van der Waals surface area (Å²) in [5, 5.41) is 23.1. The van der Waals surface area contributed by atoms with E-state index in [1.165, 1.54) is 6.92 Å². The molecular weight excluding hydrogens is 444 g/mol. The zero-order valence-corrected chi connectivity index (χ0v) is 20.5. The standard InChI is InChI=1S/C25H34O9/c1-8-12(3)21(26)32-19-17-15(6)23(28)31-18(17)20(33-22(27)13(4)9-2)24(7,29)11-16-10-14(5)25(19,30)34-16/h8-9,14,16-20,29-30H,6,10-11H2,1-5,7H3/b12-8-,13-9-/t14-,16+,17+,18+,19-,20-,24+,25-/m1/s1. The fourth-order valence-corrected chi connectivity index (χ4v) is 4.87. The second kappa shape index (κ2) is 9.28. The highest BCUT2D eigenvalue weighted by Gasteiger charge is 2.65. The molecule has 3 aliphatic rings. The second-order valence-electron chi connectivity index (χ2n) is 9.71. The van der Waals surface area contributed by atoms with E-state index in [0.29, 0.717) is 12.0 Å². The lowest BCUT2D eigenvalue weighted by atomic mass is 9.75. The summed E-state index contributed by atoms with van der Waals surface area (Å²) >= 11 is 0. The van der Waals surface area contributed by atoms with E-state index in [-0.39, 0.29) is 17.6 Å². The zero-order valence-electron chi connectivity index (χ0n) is 20.5. The smallest absolute Gasteiger partial charge is 0.334 e. The van der Waals surface area contributed by atoms with Crippen molar-refractivity contribution in [2.45, 2.75) is 90.2 Å². The second-order valence-corrected chi connectivity index (χ2v) is 9.71. The van der Waals surface area contributed by atoms with E-state index in [9.17, 15) is 24.6 Å². The molecule has 3 rings (SSSR count). The van der Waals surface area contributed by atoms with Gasteiger partial charge >= 0.3 is 17.9 Å². The minimum Gasteiger partial charge on any atom is -0.454 e. The van der Waals surface area contributed by atoms with Crippen LogP contribution in [-0.4, -0.2) is 63.9 Å². The highest BCUT2D eigenvalue weighted by Crippen LogP contribution is 2.50. The van der Waals surface area contributed by atoms with Crippen LogP contribution in [0.1, 0.15) is 54.4 Å². The van der Waals surface area contributed by atoms with Crippen LogP contribution in [0, 0.1) is 11.8 Å². The molecule has 0 unspecified atom stereocenters. The zero-order chi connectivity index (χ0) is 25.6. The van der Waals surface area contributed by atoms with Crippen molar-refractivity contribution in [3.05, 3.63) is 35.5 Å². The number of ether oxygens (including phenoxy) is 4. The lowest BCUT2D eigenvalue weighted by Crippen LogP contribution is -2.58. The van der Waals surface area contributed by atoms with Crippen molar-refractivity contribution in [1.82, 2.24) is 0 Å². The van der Waals surface area contributed by atoms with Crippen molar-refractivity contribution in [2.75, 3.05) is 0 Å². The van der Waals surface area contributed by atoms with Crippen LogP contribution >= 0.6 is 0 Å². The highest BCUT2D eigenvalue weighted by atomic mass is 16.7. The molecule has 9 nitrogen and oxygen atoms in total. The summed E-state index contributed by atoms with van der Waals surface area (Å²) in [5.74, 6) is -5.84. The third kappa shape index (κ3) is 4.44. The van der Waals surface area contributed by atoms with Gasteiger partial charge < -0.3 is 29.2 Å². The van der Waals surface area contributed by atoms with Gasteiger partial charge in [-0.3, -0.25) is 0 Å². The van der Waals surface area contributed by atoms with Crippen LogP contribution in [0.4, 0.5) is 0 Å². The first-order chi connectivity index (χ1) is 15.8. The molecule has 0 aromatic carbocycles. The van der Waals surface area contributed by atoms with Gasteiger partial charge in [0.25, 0.3) is 0 Å². The Kier molecular flexibility index (Phi) is 7.13. The number of esters is 3. The molecule has 188 valence electrons. The van der Waals surface area contributed by atoms with Crippen LogP contribution in [-0.2, 0) is 33.3 Å². The number of aliphatic hydroxyl groups is 2. The van der Waals surface area contributed by atoms with Crippen LogP contribution < -0.4 is 0 Å². The number of hydrogen-bond donors (Lipinski definition) is 2. The van der Waals surface area contributed by atoms with E-state index in [1.807, 2.05) is 0 Å². The molecule has 2 N–H and O–H groups in total. The number of carbonyl (C=O) groups excluding carboxylic acids is 3. The molecule has 3 heterocycles. The monoisotopic (exact) mass is 478 g/mol. The molecule has 0 aromatic rings. The van der Waals surface area contributed by atoms with E-state index in [1.54, 1.807) is 46.8 Å². The Bertz CT molecular complexity index is 946. The Morgan fingerprint density at radius 2 is 1.62 bits per heavy atom. The molecule has 2 bridgehead atoms. The van der Waals surface area contributed by atoms with Gasteiger partial charge in [-0.05, 0) is 41.0 Å². The minimum atomic E-state index is -1.98. The predicted octanol–water partition coefficient (Wildman–Crippen LogP) is 2.11. The van der Waals surface area contributed by atoms with E-state index < -0.39 is 65.5 Å². The van der Waals surface area contributed by atoms with Crippen LogP contribution in [0.25, 0.3) is 0 Å². The summed E-state index contributed by atoms with van der Waals surface area (Å²) in [6.07, 6.45) is -1.21. The van der Waals surface area contributed by atoms with Crippen LogP contribution in [0.2, 0.25) is 0 Å². The lowest BCUT2D eigenvalue weighted by molar-refractivity contribution is -0.277. The van der Waals surface area contributed by atoms with E-state index in [4.69, 9.17) is 18.9 Å². The first-order valence-corrected chi connectivity index (χ1v) is 11.5. The topological polar surface area (TPSA) is 129 Å². The van der Waals surface area contributed by atoms with Crippen molar-refractivity contribution in [1.29, 1.82) is 0 Å². The summed E-state index contributed by atoms with van der Waals surface area (Å²) in [5.41, 5.74) is -1.19. The number of carbonyl (C=O) groups is 3. The Labute approximate surface area is 199 Å². The summed E-state index contributed by atoms with van der Waals surface area (Å²) in [4.78, 5) is 38.1. The Morgan fingerprint density at radius 1 is 1.09 bits per heavy atom. The fraction of sp³-hybridized carbons (Fsp3) is 0.640. The van der Waals surface area contributed by atoms with Crippen LogP contribution in [0.3, 0.4) is 0 Å². The first-order valence-electron chi connectivity index (χ1n) is 11.5. The molecule has 0 amide bonds.